The van der Waals surface area contributed by atoms with E-state index in [2.05, 4.69) is 5.32 Å². The molecule has 2 aromatic carbocycles. The van der Waals surface area contributed by atoms with E-state index in [9.17, 15) is 9.59 Å². The Kier molecular flexibility index (Phi) is 10.7. The number of ether oxygens (including phenoxy) is 2. The van der Waals surface area contributed by atoms with Crippen molar-refractivity contribution in [2.24, 2.45) is 0 Å². The molecule has 196 valence electrons. The van der Waals surface area contributed by atoms with E-state index in [1.807, 2.05) is 25.1 Å². The van der Waals surface area contributed by atoms with Gasteiger partial charge in [0.05, 0.1) is 14.2 Å². The first kappa shape index (κ1) is 28.1. The molecule has 1 aliphatic carbocycles. The molecular formula is C28H36Cl2N2O4. The first-order valence-corrected chi connectivity index (χ1v) is 13.4. The number of hydrogen-bond acceptors (Lipinski definition) is 4. The Labute approximate surface area is 224 Å². The van der Waals surface area contributed by atoms with E-state index in [0.29, 0.717) is 39.9 Å². The van der Waals surface area contributed by atoms with Gasteiger partial charge in [-0.2, -0.15) is 0 Å². The fourth-order valence-electron chi connectivity index (χ4n) is 4.75. The minimum atomic E-state index is -0.614. The average molecular weight is 536 g/mol. The molecule has 3 rings (SSSR count). The van der Waals surface area contributed by atoms with Crippen molar-refractivity contribution in [2.75, 3.05) is 14.2 Å². The van der Waals surface area contributed by atoms with Gasteiger partial charge in [-0.05, 0) is 55.5 Å². The minimum Gasteiger partial charge on any atom is -0.493 e. The first-order valence-electron chi connectivity index (χ1n) is 12.6. The second-order valence-electron chi connectivity index (χ2n) is 9.18. The number of nitrogens with one attached hydrogen (secondary N) is 1. The summed E-state index contributed by atoms with van der Waals surface area (Å²) in [5, 5.41) is 4.14. The topological polar surface area (TPSA) is 67.9 Å². The van der Waals surface area contributed by atoms with Crippen LogP contribution in [-0.2, 0) is 22.6 Å². The van der Waals surface area contributed by atoms with Gasteiger partial charge in [-0.1, -0.05) is 61.5 Å². The van der Waals surface area contributed by atoms with Crippen molar-refractivity contribution < 1.29 is 19.1 Å². The summed E-state index contributed by atoms with van der Waals surface area (Å²) in [4.78, 5) is 28.6. The highest BCUT2D eigenvalue weighted by Crippen LogP contribution is 2.30. The van der Waals surface area contributed by atoms with E-state index in [-0.39, 0.29) is 30.8 Å². The third kappa shape index (κ3) is 7.30. The van der Waals surface area contributed by atoms with Crippen LogP contribution in [0.5, 0.6) is 11.5 Å². The summed E-state index contributed by atoms with van der Waals surface area (Å²) in [5.41, 5.74) is 1.58. The Bertz CT molecular complexity index is 1020. The molecule has 2 aromatic rings. The second kappa shape index (κ2) is 13.8. The largest absolute Gasteiger partial charge is 0.493 e. The van der Waals surface area contributed by atoms with Crippen LogP contribution >= 0.6 is 23.2 Å². The smallest absolute Gasteiger partial charge is 0.243 e. The van der Waals surface area contributed by atoms with Gasteiger partial charge in [-0.3, -0.25) is 9.59 Å². The Balaban J connectivity index is 1.81. The first-order chi connectivity index (χ1) is 17.4. The predicted molar refractivity (Wildman–Crippen MR) is 144 cm³/mol. The van der Waals surface area contributed by atoms with Gasteiger partial charge in [0.1, 0.15) is 6.04 Å². The van der Waals surface area contributed by atoms with E-state index in [1.165, 1.54) is 6.42 Å². The van der Waals surface area contributed by atoms with Crippen LogP contribution in [0.25, 0.3) is 0 Å². The fraction of sp³-hybridized carbons (Fsp3) is 0.500. The zero-order chi connectivity index (χ0) is 26.1. The quantitative estimate of drug-likeness (QED) is 0.372. The van der Waals surface area contributed by atoms with Crippen molar-refractivity contribution >= 4 is 35.0 Å². The zero-order valence-electron chi connectivity index (χ0n) is 21.3. The minimum absolute atomic E-state index is 0.118. The lowest BCUT2D eigenvalue weighted by molar-refractivity contribution is -0.141. The number of carbonyl (C=O) groups is 2. The Morgan fingerprint density at radius 2 is 1.69 bits per heavy atom. The molecule has 1 aliphatic rings. The van der Waals surface area contributed by atoms with Crippen molar-refractivity contribution in [3.05, 3.63) is 57.6 Å². The molecule has 0 aromatic heterocycles. The predicted octanol–water partition coefficient (Wildman–Crippen LogP) is 6.20. The summed E-state index contributed by atoms with van der Waals surface area (Å²) in [6, 6.07) is 10.4. The molecule has 0 heterocycles. The van der Waals surface area contributed by atoms with Crippen LogP contribution in [0.3, 0.4) is 0 Å². The van der Waals surface area contributed by atoms with Crippen LogP contribution in [0.1, 0.15) is 63.0 Å². The molecule has 2 amide bonds. The van der Waals surface area contributed by atoms with Crippen LogP contribution in [-0.4, -0.2) is 43.0 Å². The lowest BCUT2D eigenvalue weighted by atomic mass is 9.95. The molecule has 0 spiro atoms. The van der Waals surface area contributed by atoms with Crippen molar-refractivity contribution in [3.8, 4) is 11.5 Å². The van der Waals surface area contributed by atoms with Crippen LogP contribution in [0.15, 0.2) is 36.4 Å². The summed E-state index contributed by atoms with van der Waals surface area (Å²) in [6.07, 6.45) is 6.60. The number of carbonyl (C=O) groups excluding carboxylic acids is 2. The van der Waals surface area contributed by atoms with Crippen LogP contribution in [0.4, 0.5) is 0 Å². The summed E-state index contributed by atoms with van der Waals surface area (Å²) in [5.74, 6) is 0.993. The van der Waals surface area contributed by atoms with Gasteiger partial charge in [0.25, 0.3) is 0 Å². The molecule has 6 nitrogen and oxygen atoms in total. The highest BCUT2D eigenvalue weighted by Gasteiger charge is 2.31. The molecule has 0 aliphatic heterocycles. The van der Waals surface area contributed by atoms with Crippen LogP contribution in [0.2, 0.25) is 10.0 Å². The van der Waals surface area contributed by atoms with Gasteiger partial charge in [0, 0.05) is 34.6 Å². The van der Waals surface area contributed by atoms with Gasteiger partial charge in [-0.15, -0.1) is 0 Å². The fourth-order valence-corrected chi connectivity index (χ4v) is 5.27. The van der Waals surface area contributed by atoms with Gasteiger partial charge in [0.2, 0.25) is 11.8 Å². The van der Waals surface area contributed by atoms with Crippen molar-refractivity contribution in [1.82, 2.24) is 10.2 Å². The SMILES string of the molecule is CC[C@@H](C(=O)NC1CCCCC1)N(Cc1c(Cl)cccc1Cl)C(=O)CCc1ccc(OC)c(OC)c1. The number of halogens is 2. The maximum Gasteiger partial charge on any atom is 0.243 e. The monoisotopic (exact) mass is 534 g/mol. The number of benzene rings is 2. The van der Waals surface area contributed by atoms with E-state index in [0.717, 1.165) is 31.2 Å². The molecule has 0 bridgehead atoms. The molecule has 0 unspecified atom stereocenters. The molecule has 8 heteroatoms. The number of hydrogen-bond donors (Lipinski definition) is 1. The van der Waals surface area contributed by atoms with Gasteiger partial charge in [-0.25, -0.2) is 0 Å². The summed E-state index contributed by atoms with van der Waals surface area (Å²) in [6.45, 7) is 2.09. The number of nitrogens with zero attached hydrogens (tertiary/aromatic N) is 1. The normalized spacial score (nSPS) is 14.7. The van der Waals surface area contributed by atoms with E-state index >= 15 is 0 Å². The van der Waals surface area contributed by atoms with Gasteiger partial charge in [0.15, 0.2) is 11.5 Å². The molecule has 1 N–H and O–H groups in total. The van der Waals surface area contributed by atoms with Gasteiger partial charge < -0.3 is 19.7 Å². The third-order valence-corrected chi connectivity index (χ3v) is 7.51. The number of rotatable bonds is 11. The molecule has 0 radical (unpaired) electrons. The zero-order valence-corrected chi connectivity index (χ0v) is 22.8. The lowest BCUT2D eigenvalue weighted by Crippen LogP contribution is -2.51. The summed E-state index contributed by atoms with van der Waals surface area (Å²) in [7, 11) is 3.17. The third-order valence-electron chi connectivity index (χ3n) is 6.80. The van der Waals surface area contributed by atoms with E-state index < -0.39 is 6.04 Å². The molecule has 1 atom stereocenters. The van der Waals surface area contributed by atoms with Crippen LogP contribution < -0.4 is 14.8 Å². The highest BCUT2D eigenvalue weighted by molar-refractivity contribution is 6.36. The Morgan fingerprint density at radius 1 is 1.03 bits per heavy atom. The van der Waals surface area contributed by atoms with Crippen molar-refractivity contribution in [2.45, 2.75) is 76.9 Å². The van der Waals surface area contributed by atoms with Crippen molar-refractivity contribution in [3.63, 3.8) is 0 Å². The average Bonchev–Trinajstić information content (AvgIpc) is 2.89. The molecule has 1 saturated carbocycles. The number of aryl methyl sites for hydroxylation is 1. The molecule has 0 saturated heterocycles. The molecular weight excluding hydrogens is 499 g/mol. The molecule has 1 fully saturated rings. The standard InChI is InChI=1S/C28H36Cl2N2O4/c1-4-24(28(34)31-20-9-6-5-7-10-20)32(18-21-22(29)11-8-12-23(21)30)27(33)16-14-19-13-15-25(35-2)26(17-19)36-3/h8,11-13,15,17,20,24H,4-7,9-10,14,16,18H2,1-3H3,(H,31,34)/t24-/m0/s1. The number of methoxy groups -OCH3 is 2. The van der Waals surface area contributed by atoms with E-state index in [4.69, 9.17) is 32.7 Å². The maximum atomic E-state index is 13.6. The van der Waals surface area contributed by atoms with Crippen LogP contribution in [0, 0.1) is 0 Å². The van der Waals surface area contributed by atoms with E-state index in [1.54, 1.807) is 37.3 Å². The summed E-state index contributed by atoms with van der Waals surface area (Å²) >= 11 is 12.9. The van der Waals surface area contributed by atoms with Gasteiger partial charge >= 0.3 is 0 Å². The molecule has 36 heavy (non-hydrogen) atoms. The highest BCUT2D eigenvalue weighted by atomic mass is 35.5. The Hall–Kier alpha value is -2.44. The van der Waals surface area contributed by atoms with Crippen molar-refractivity contribution in [1.29, 1.82) is 0 Å². The Morgan fingerprint density at radius 3 is 2.31 bits per heavy atom. The maximum absolute atomic E-state index is 13.6. The summed E-state index contributed by atoms with van der Waals surface area (Å²) < 4.78 is 10.7. The lowest BCUT2D eigenvalue weighted by Gasteiger charge is -2.33. The second-order valence-corrected chi connectivity index (χ2v) is 9.99. The number of amides is 2.